The molecule has 0 radical (unpaired) electrons. The van der Waals surface area contributed by atoms with E-state index in [1.807, 2.05) is 18.2 Å². The summed E-state index contributed by atoms with van der Waals surface area (Å²) in [6, 6.07) is 6.70. The quantitative estimate of drug-likeness (QED) is 0.727. The molecule has 0 saturated carbocycles. The lowest BCUT2D eigenvalue weighted by Crippen LogP contribution is -2.33. The maximum Gasteiger partial charge on any atom is 0.323 e. The van der Waals surface area contributed by atoms with Gasteiger partial charge in [-0.1, -0.05) is 24.3 Å². The van der Waals surface area contributed by atoms with Crippen LogP contribution in [0.5, 0.6) is 0 Å². The highest BCUT2D eigenvalue weighted by Crippen LogP contribution is 2.17. The highest BCUT2D eigenvalue weighted by molar-refractivity contribution is 7.98. The molecule has 0 amide bonds. The number of rotatable bonds is 7. The van der Waals surface area contributed by atoms with Crippen LogP contribution >= 0.6 is 11.8 Å². The van der Waals surface area contributed by atoms with Gasteiger partial charge in [0.25, 0.3) is 0 Å². The summed E-state index contributed by atoms with van der Waals surface area (Å²) in [6.45, 7) is 0. The highest BCUT2D eigenvalue weighted by Gasteiger charge is 2.14. The van der Waals surface area contributed by atoms with Gasteiger partial charge in [-0.15, -0.1) is 0 Å². The summed E-state index contributed by atoms with van der Waals surface area (Å²) < 4.78 is 4.54. The molecule has 104 valence electrons. The molecule has 6 heteroatoms. The predicted octanol–water partition coefficient (Wildman–Crippen LogP) is 1.05. The van der Waals surface area contributed by atoms with Gasteiger partial charge < -0.3 is 15.6 Å². The topological polar surface area (TPSA) is 89.6 Å². The number of thioether (sulfide) groups is 1. The first-order valence-corrected chi connectivity index (χ1v) is 6.89. The Morgan fingerprint density at radius 3 is 2.58 bits per heavy atom. The highest BCUT2D eigenvalue weighted by atomic mass is 32.2. The smallest absolute Gasteiger partial charge is 0.323 e. The molecule has 0 saturated heterocycles. The number of benzene rings is 1. The van der Waals surface area contributed by atoms with Crippen molar-refractivity contribution < 1.29 is 19.4 Å². The van der Waals surface area contributed by atoms with Crippen LogP contribution in [-0.4, -0.2) is 35.9 Å². The van der Waals surface area contributed by atoms with Crippen molar-refractivity contribution in [2.24, 2.45) is 5.73 Å². The molecule has 1 rings (SSSR count). The van der Waals surface area contributed by atoms with E-state index in [9.17, 15) is 9.59 Å². The van der Waals surface area contributed by atoms with Crippen molar-refractivity contribution in [3.63, 3.8) is 0 Å². The average Bonchev–Trinajstić information content (AvgIpc) is 2.39. The zero-order valence-corrected chi connectivity index (χ0v) is 11.5. The number of nitrogens with two attached hydrogens (primary N) is 1. The minimum atomic E-state index is -0.858. The molecular formula is C13H17NO4S. The van der Waals surface area contributed by atoms with E-state index in [-0.39, 0.29) is 6.42 Å². The SMILES string of the molecule is COC(=O)C(N)CSCc1ccccc1CC(=O)O. The van der Waals surface area contributed by atoms with E-state index in [0.29, 0.717) is 11.5 Å². The summed E-state index contributed by atoms with van der Waals surface area (Å²) in [5, 5.41) is 8.82. The number of carbonyl (C=O) groups is 2. The molecule has 0 aliphatic rings. The Hall–Kier alpha value is -1.53. The van der Waals surface area contributed by atoms with Crippen molar-refractivity contribution in [3.05, 3.63) is 35.4 Å². The molecule has 0 spiro atoms. The lowest BCUT2D eigenvalue weighted by molar-refractivity contribution is -0.141. The molecule has 0 heterocycles. The van der Waals surface area contributed by atoms with E-state index >= 15 is 0 Å². The number of hydrogen-bond acceptors (Lipinski definition) is 5. The van der Waals surface area contributed by atoms with E-state index in [4.69, 9.17) is 10.8 Å². The van der Waals surface area contributed by atoms with Crippen LogP contribution in [0.4, 0.5) is 0 Å². The molecule has 1 aromatic rings. The van der Waals surface area contributed by atoms with Crippen LogP contribution < -0.4 is 5.73 Å². The molecule has 5 nitrogen and oxygen atoms in total. The normalized spacial score (nSPS) is 11.9. The molecule has 0 aromatic heterocycles. The fourth-order valence-corrected chi connectivity index (χ4v) is 2.56. The molecule has 1 aromatic carbocycles. The van der Waals surface area contributed by atoms with Crippen LogP contribution in [0, 0.1) is 0 Å². The van der Waals surface area contributed by atoms with Gasteiger partial charge in [0.15, 0.2) is 0 Å². The van der Waals surface area contributed by atoms with Crippen LogP contribution in [-0.2, 0) is 26.5 Å². The van der Waals surface area contributed by atoms with Crippen LogP contribution in [0.2, 0.25) is 0 Å². The molecule has 0 bridgehead atoms. The first-order valence-electron chi connectivity index (χ1n) is 5.74. The van der Waals surface area contributed by atoms with Crippen LogP contribution in [0.3, 0.4) is 0 Å². The molecule has 19 heavy (non-hydrogen) atoms. The minimum Gasteiger partial charge on any atom is -0.481 e. The van der Waals surface area contributed by atoms with E-state index in [0.717, 1.165) is 11.1 Å². The Morgan fingerprint density at radius 1 is 1.37 bits per heavy atom. The molecule has 0 aliphatic carbocycles. The summed E-state index contributed by atoms with van der Waals surface area (Å²) in [4.78, 5) is 21.9. The summed E-state index contributed by atoms with van der Waals surface area (Å²) in [5.41, 5.74) is 7.36. The zero-order valence-electron chi connectivity index (χ0n) is 10.7. The van der Waals surface area contributed by atoms with Gasteiger partial charge in [-0.3, -0.25) is 9.59 Å². The monoisotopic (exact) mass is 283 g/mol. The second-order valence-electron chi connectivity index (χ2n) is 3.98. The molecule has 1 unspecified atom stereocenters. The first-order chi connectivity index (χ1) is 9.04. The van der Waals surface area contributed by atoms with E-state index in [2.05, 4.69) is 4.74 Å². The Balaban J connectivity index is 2.53. The van der Waals surface area contributed by atoms with Crippen molar-refractivity contribution in [2.45, 2.75) is 18.2 Å². The number of aliphatic carboxylic acids is 1. The van der Waals surface area contributed by atoms with Crippen molar-refractivity contribution in [2.75, 3.05) is 12.9 Å². The van der Waals surface area contributed by atoms with Crippen molar-refractivity contribution >= 4 is 23.7 Å². The maximum atomic E-state index is 11.1. The number of carbonyl (C=O) groups excluding carboxylic acids is 1. The van der Waals surface area contributed by atoms with Gasteiger partial charge in [-0.05, 0) is 11.1 Å². The molecular weight excluding hydrogens is 266 g/mol. The first kappa shape index (κ1) is 15.5. The fourth-order valence-electron chi connectivity index (χ4n) is 1.55. The third kappa shape index (κ3) is 5.32. The maximum absolute atomic E-state index is 11.1. The van der Waals surface area contributed by atoms with Gasteiger partial charge in [0, 0.05) is 11.5 Å². The number of carboxylic acids is 1. The summed E-state index contributed by atoms with van der Waals surface area (Å²) >= 11 is 1.48. The van der Waals surface area contributed by atoms with Crippen LogP contribution in [0.25, 0.3) is 0 Å². The summed E-state index contributed by atoms with van der Waals surface area (Å²) in [6.07, 6.45) is -0.000210. The predicted molar refractivity (Wildman–Crippen MR) is 73.9 cm³/mol. The van der Waals surface area contributed by atoms with Crippen LogP contribution in [0.1, 0.15) is 11.1 Å². The Bertz CT molecular complexity index is 450. The summed E-state index contributed by atoms with van der Waals surface area (Å²) in [5.74, 6) is -0.239. The molecule has 0 fully saturated rings. The van der Waals surface area contributed by atoms with Gasteiger partial charge in [0.05, 0.1) is 13.5 Å². The van der Waals surface area contributed by atoms with Crippen molar-refractivity contribution in [1.29, 1.82) is 0 Å². The number of hydrogen-bond donors (Lipinski definition) is 2. The van der Waals surface area contributed by atoms with E-state index in [1.165, 1.54) is 18.9 Å². The summed E-state index contributed by atoms with van der Waals surface area (Å²) in [7, 11) is 1.30. The molecule has 0 aliphatic heterocycles. The Morgan fingerprint density at radius 2 is 2.00 bits per heavy atom. The van der Waals surface area contributed by atoms with Gasteiger partial charge >= 0.3 is 11.9 Å². The third-order valence-electron chi connectivity index (χ3n) is 2.52. The number of ether oxygens (including phenoxy) is 1. The van der Waals surface area contributed by atoms with Crippen molar-refractivity contribution in [3.8, 4) is 0 Å². The third-order valence-corrected chi connectivity index (χ3v) is 3.63. The van der Waals surface area contributed by atoms with E-state index in [1.54, 1.807) is 6.07 Å². The Kier molecular flexibility index (Phi) is 6.38. The van der Waals surface area contributed by atoms with Gasteiger partial charge in [0.1, 0.15) is 6.04 Å². The standard InChI is InChI=1S/C13H17NO4S/c1-18-13(17)11(14)8-19-7-10-5-3-2-4-9(10)6-12(15)16/h2-5,11H,6-8,14H2,1H3,(H,15,16). The second kappa shape index (κ2) is 7.81. The minimum absolute atomic E-state index is 0.000210. The van der Waals surface area contributed by atoms with Crippen LogP contribution in [0.15, 0.2) is 24.3 Å². The molecule has 3 N–H and O–H groups in total. The van der Waals surface area contributed by atoms with E-state index < -0.39 is 18.0 Å². The lowest BCUT2D eigenvalue weighted by atomic mass is 10.1. The Labute approximate surface area is 116 Å². The largest absolute Gasteiger partial charge is 0.481 e. The average molecular weight is 283 g/mol. The number of methoxy groups -OCH3 is 1. The van der Waals surface area contributed by atoms with Gasteiger partial charge in [0.2, 0.25) is 0 Å². The van der Waals surface area contributed by atoms with Crippen molar-refractivity contribution in [1.82, 2.24) is 0 Å². The molecule has 1 atom stereocenters. The fraction of sp³-hybridized carbons (Fsp3) is 0.385. The lowest BCUT2D eigenvalue weighted by Gasteiger charge is -2.10. The van der Waals surface area contributed by atoms with Gasteiger partial charge in [-0.25, -0.2) is 0 Å². The second-order valence-corrected chi connectivity index (χ2v) is 5.01. The van der Waals surface area contributed by atoms with Gasteiger partial charge in [-0.2, -0.15) is 11.8 Å². The number of carboxylic acid groups (broad SMARTS) is 1. The zero-order chi connectivity index (χ0) is 14.3. The number of esters is 1.